The van der Waals surface area contributed by atoms with Gasteiger partial charge in [0.15, 0.2) is 25.5 Å². The molecule has 176 valence electrons. The topological polar surface area (TPSA) is 85.3 Å². The number of Topliss-reactive ketones (excluding diaryl/α,β-unsaturated/α-hetero) is 1. The summed E-state index contributed by atoms with van der Waals surface area (Å²) in [5, 5.41) is 0. The van der Waals surface area contributed by atoms with E-state index >= 15 is 0 Å². The Kier molecular flexibility index (Phi) is 9.22. The maximum Gasteiger partial charge on any atom is 0.162 e. The van der Waals surface area contributed by atoms with Crippen molar-refractivity contribution in [2.75, 3.05) is 11.5 Å². The molecule has 0 unspecified atom stereocenters. The van der Waals surface area contributed by atoms with Gasteiger partial charge < -0.3 is 0 Å². The minimum absolute atomic E-state index is 0.280. The van der Waals surface area contributed by atoms with E-state index in [9.17, 15) is 21.6 Å². The molecule has 5 nitrogen and oxygen atoms in total. The van der Waals surface area contributed by atoms with Gasteiger partial charge in [0.05, 0.1) is 11.5 Å². The Morgan fingerprint density at radius 3 is 1.16 bits per heavy atom. The van der Waals surface area contributed by atoms with Gasteiger partial charge >= 0.3 is 0 Å². The zero-order valence-electron chi connectivity index (χ0n) is 19.4. The molecule has 0 aliphatic heterocycles. The van der Waals surface area contributed by atoms with Crippen LogP contribution in [0, 0.1) is 11.8 Å². The largest absolute Gasteiger partial charge is 0.297 e. The molecule has 2 aromatic rings. The van der Waals surface area contributed by atoms with E-state index in [1.807, 2.05) is 24.3 Å². The highest BCUT2D eigenvalue weighted by atomic mass is 32.2. The van der Waals surface area contributed by atoms with E-state index in [2.05, 4.69) is 27.7 Å². The number of ketones is 1. The highest BCUT2D eigenvalue weighted by Crippen LogP contribution is 2.14. The van der Waals surface area contributed by atoms with Crippen molar-refractivity contribution in [1.82, 2.24) is 0 Å². The van der Waals surface area contributed by atoms with Crippen molar-refractivity contribution in [1.29, 1.82) is 0 Å². The maximum absolute atomic E-state index is 12.4. The van der Waals surface area contributed by atoms with Crippen LogP contribution in [0.25, 0.3) is 0 Å². The summed E-state index contributed by atoms with van der Waals surface area (Å²) < 4.78 is 49.7. The first-order valence-electron chi connectivity index (χ1n) is 10.9. The lowest BCUT2D eigenvalue weighted by Crippen LogP contribution is -2.25. The summed E-state index contributed by atoms with van der Waals surface area (Å²) in [6.07, 6.45) is 1.81. The molecule has 0 atom stereocenters. The average molecular weight is 479 g/mol. The lowest BCUT2D eigenvalue weighted by atomic mass is 10.0. The third-order valence-corrected chi connectivity index (χ3v) is 7.94. The fourth-order valence-corrected chi connectivity index (χ4v) is 6.55. The number of rotatable bonds is 12. The summed E-state index contributed by atoms with van der Waals surface area (Å²) in [4.78, 5) is 12.2. The zero-order valence-corrected chi connectivity index (χ0v) is 21.0. The molecule has 0 aliphatic carbocycles. The molecular formula is C25H34O5S2. The monoisotopic (exact) mass is 478 g/mol. The first kappa shape index (κ1) is 26.3. The van der Waals surface area contributed by atoms with Gasteiger partial charge in [0, 0.05) is 0 Å². The van der Waals surface area contributed by atoms with Gasteiger partial charge in [-0.25, -0.2) is 16.8 Å². The van der Waals surface area contributed by atoms with Gasteiger partial charge in [0.1, 0.15) is 11.5 Å². The predicted molar refractivity (Wildman–Crippen MR) is 130 cm³/mol. The normalized spacial score (nSPS) is 12.4. The van der Waals surface area contributed by atoms with E-state index in [0.717, 1.165) is 24.0 Å². The second-order valence-electron chi connectivity index (χ2n) is 9.43. The first-order valence-corrected chi connectivity index (χ1v) is 14.6. The quantitative estimate of drug-likeness (QED) is 0.457. The Morgan fingerprint density at radius 2 is 0.875 bits per heavy atom. The number of hydrogen-bond donors (Lipinski definition) is 0. The third kappa shape index (κ3) is 9.65. The number of carbonyl (C=O) groups excluding carboxylic acids is 1. The van der Waals surface area contributed by atoms with Gasteiger partial charge in [0.2, 0.25) is 0 Å². The van der Waals surface area contributed by atoms with Crippen LogP contribution >= 0.6 is 0 Å². The van der Waals surface area contributed by atoms with Crippen LogP contribution < -0.4 is 0 Å². The Labute approximate surface area is 193 Å². The molecule has 0 radical (unpaired) electrons. The Hall–Kier alpha value is -1.99. The summed E-state index contributed by atoms with van der Waals surface area (Å²) in [5.74, 6) is -1.89. The lowest BCUT2D eigenvalue weighted by Gasteiger charge is -2.09. The smallest absolute Gasteiger partial charge is 0.162 e. The first-order chi connectivity index (χ1) is 14.8. The predicted octanol–water partition coefficient (Wildman–Crippen LogP) is 4.18. The third-order valence-electron chi connectivity index (χ3n) is 4.87. The van der Waals surface area contributed by atoms with Crippen molar-refractivity contribution < 1.29 is 21.6 Å². The van der Waals surface area contributed by atoms with E-state index < -0.39 is 37.0 Å². The molecule has 0 saturated heterocycles. The number of sulfone groups is 2. The van der Waals surface area contributed by atoms with Crippen molar-refractivity contribution in [2.45, 2.75) is 52.0 Å². The summed E-state index contributed by atoms with van der Waals surface area (Å²) in [7, 11) is -7.49. The van der Waals surface area contributed by atoms with E-state index in [1.54, 1.807) is 24.3 Å². The second-order valence-corrected chi connectivity index (χ2v) is 13.6. The van der Waals surface area contributed by atoms with Gasteiger partial charge in [-0.2, -0.15) is 0 Å². The molecule has 0 aromatic heterocycles. The van der Waals surface area contributed by atoms with Crippen LogP contribution in [0.15, 0.2) is 48.5 Å². The van der Waals surface area contributed by atoms with Crippen molar-refractivity contribution in [3.8, 4) is 0 Å². The van der Waals surface area contributed by atoms with Crippen LogP contribution in [0.3, 0.4) is 0 Å². The highest BCUT2D eigenvalue weighted by molar-refractivity contribution is 7.92. The summed E-state index contributed by atoms with van der Waals surface area (Å²) in [6.45, 7) is 8.44. The van der Waals surface area contributed by atoms with E-state index in [1.165, 1.54) is 0 Å². The van der Waals surface area contributed by atoms with E-state index in [4.69, 9.17) is 0 Å². The number of hydrogen-bond acceptors (Lipinski definition) is 5. The van der Waals surface area contributed by atoms with E-state index in [-0.39, 0.29) is 11.5 Å². The van der Waals surface area contributed by atoms with Gasteiger partial charge in [-0.15, -0.1) is 0 Å². The zero-order chi connectivity index (χ0) is 23.9. The fraction of sp³-hybridized carbons (Fsp3) is 0.480. The molecule has 0 amide bonds. The molecule has 0 N–H and O–H groups in total. The van der Waals surface area contributed by atoms with Gasteiger partial charge in [-0.3, -0.25) is 4.79 Å². The number of benzene rings is 2. The van der Waals surface area contributed by atoms with Crippen LogP contribution in [0.1, 0.15) is 49.9 Å². The van der Waals surface area contributed by atoms with Gasteiger partial charge in [-0.05, 0) is 46.9 Å². The SMILES string of the molecule is CC(C)Cc1ccc(CS(=O)(=O)CC(=O)CS(=O)(=O)Cc2ccc(CC(C)C)cc2)cc1. The second kappa shape index (κ2) is 11.2. The Morgan fingerprint density at radius 1 is 0.594 bits per heavy atom. The van der Waals surface area contributed by atoms with Crippen molar-refractivity contribution >= 4 is 25.5 Å². The minimum atomic E-state index is -3.75. The molecule has 7 heteroatoms. The Balaban J connectivity index is 1.93. The number of carbonyl (C=O) groups is 1. The summed E-state index contributed by atoms with van der Waals surface area (Å²) in [5.41, 5.74) is 3.44. The molecule has 2 aromatic carbocycles. The molecule has 2 rings (SSSR count). The van der Waals surface area contributed by atoms with Crippen LogP contribution in [-0.4, -0.2) is 34.1 Å². The minimum Gasteiger partial charge on any atom is -0.297 e. The standard InChI is InChI=1S/C25H34O5S2/c1-19(2)13-21-5-9-23(10-6-21)15-31(27,28)17-25(26)18-32(29,30)16-24-11-7-22(8-12-24)14-20(3)4/h5-12,19-20H,13-18H2,1-4H3. The molecular weight excluding hydrogens is 444 g/mol. The molecule has 0 spiro atoms. The van der Waals surface area contributed by atoms with Crippen molar-refractivity contribution in [2.24, 2.45) is 11.8 Å². The van der Waals surface area contributed by atoms with Crippen molar-refractivity contribution in [3.63, 3.8) is 0 Å². The molecule has 0 fully saturated rings. The van der Waals surface area contributed by atoms with Gasteiger partial charge in [0.25, 0.3) is 0 Å². The Bertz CT molecular complexity index is 1010. The molecule has 0 saturated carbocycles. The lowest BCUT2D eigenvalue weighted by molar-refractivity contribution is -0.114. The molecule has 0 aliphatic rings. The van der Waals surface area contributed by atoms with E-state index in [0.29, 0.717) is 23.0 Å². The summed E-state index contributed by atoms with van der Waals surface area (Å²) in [6, 6.07) is 14.6. The van der Waals surface area contributed by atoms with Crippen LogP contribution in [0.5, 0.6) is 0 Å². The fourth-order valence-electron chi connectivity index (χ4n) is 3.63. The van der Waals surface area contributed by atoms with Crippen LogP contribution in [-0.2, 0) is 48.8 Å². The summed E-state index contributed by atoms with van der Waals surface area (Å²) >= 11 is 0. The molecule has 0 bridgehead atoms. The van der Waals surface area contributed by atoms with Crippen LogP contribution in [0.2, 0.25) is 0 Å². The van der Waals surface area contributed by atoms with Gasteiger partial charge in [-0.1, -0.05) is 76.2 Å². The van der Waals surface area contributed by atoms with Crippen LogP contribution in [0.4, 0.5) is 0 Å². The molecule has 0 heterocycles. The highest BCUT2D eigenvalue weighted by Gasteiger charge is 2.23. The average Bonchev–Trinajstić information content (AvgIpc) is 2.62. The maximum atomic E-state index is 12.4. The van der Waals surface area contributed by atoms with Crippen molar-refractivity contribution in [3.05, 3.63) is 70.8 Å². The molecule has 32 heavy (non-hydrogen) atoms.